The number of likely N-dealkylation sites (tertiary alicyclic amines) is 1. The van der Waals surface area contributed by atoms with Crippen LogP contribution in [0.15, 0.2) is 84.3 Å². The first-order chi connectivity index (χ1) is 24.0. The van der Waals surface area contributed by atoms with Crippen LogP contribution in [0.1, 0.15) is 91.5 Å². The van der Waals surface area contributed by atoms with Crippen LogP contribution in [0.3, 0.4) is 0 Å². The van der Waals surface area contributed by atoms with Crippen molar-refractivity contribution in [3.05, 3.63) is 108 Å². The minimum absolute atomic E-state index is 0.0753. The number of ether oxygens (including phenoxy) is 1. The van der Waals surface area contributed by atoms with E-state index in [2.05, 4.69) is 21.0 Å². The van der Waals surface area contributed by atoms with Gasteiger partial charge in [-0.3, -0.25) is 0 Å². The second kappa shape index (κ2) is 16.4. The van der Waals surface area contributed by atoms with E-state index in [4.69, 9.17) is 15.5 Å². The molecule has 7 nitrogen and oxygen atoms in total. The number of halogens is 4. The Kier molecular flexibility index (Phi) is 12.0. The molecule has 0 bridgehead atoms. The molecule has 1 saturated carbocycles. The van der Waals surface area contributed by atoms with Crippen LogP contribution in [-0.4, -0.2) is 46.5 Å². The highest BCUT2D eigenvalue weighted by Gasteiger charge is 2.35. The van der Waals surface area contributed by atoms with E-state index in [0.29, 0.717) is 30.2 Å². The summed E-state index contributed by atoms with van der Waals surface area (Å²) in [5.41, 5.74) is 8.78. The number of aryl methyl sites for hydroxylation is 1. The van der Waals surface area contributed by atoms with E-state index in [1.54, 1.807) is 30.5 Å². The van der Waals surface area contributed by atoms with Crippen LogP contribution in [0.25, 0.3) is 16.8 Å². The number of imidazole rings is 1. The molecule has 0 amide bonds. The third kappa shape index (κ3) is 8.73. The molecule has 5 rings (SSSR count). The van der Waals surface area contributed by atoms with Crippen molar-refractivity contribution in [2.75, 3.05) is 20.2 Å². The first-order valence-electron chi connectivity index (χ1n) is 17.2. The number of unbranched alkanes of at least 4 members (excludes halogenated alkanes) is 1. The van der Waals surface area contributed by atoms with E-state index < -0.39 is 23.5 Å². The Morgan fingerprint density at radius 3 is 2.40 bits per heavy atom. The highest BCUT2D eigenvalue weighted by molar-refractivity contribution is 6.22. The number of aromatic nitrogens is 2. The lowest BCUT2D eigenvalue weighted by Crippen LogP contribution is -2.34. The molecule has 0 atom stereocenters. The maximum atomic E-state index is 14.1. The summed E-state index contributed by atoms with van der Waals surface area (Å²) in [7, 11) is 1.34. The number of alkyl halides is 3. The van der Waals surface area contributed by atoms with Gasteiger partial charge >= 0.3 is 12.1 Å². The molecular formula is C39H45F4N5O2. The quantitative estimate of drug-likeness (QED) is 0.0483. The Hall–Kier alpha value is -4.67. The molecule has 1 aliphatic heterocycles. The van der Waals surface area contributed by atoms with Crippen LogP contribution in [0.2, 0.25) is 0 Å². The molecule has 1 aliphatic carbocycles. The first kappa shape index (κ1) is 36.6. The molecule has 1 aromatic heterocycles. The van der Waals surface area contributed by atoms with Crippen molar-refractivity contribution in [3.63, 3.8) is 0 Å². The van der Waals surface area contributed by atoms with Crippen LogP contribution in [-0.2, 0) is 17.5 Å². The highest BCUT2D eigenvalue weighted by Crippen LogP contribution is 2.37. The maximum Gasteiger partial charge on any atom is 0.419 e. The zero-order valence-corrected chi connectivity index (χ0v) is 28.7. The standard InChI is InChI=1S/C39H45F4N5O2/c1-4-5-20-45-36(44)35(28-12-14-30(15-13-28)38(49)50-3)26(2)47-22-18-29(19-23-47)37-46-34(25-48(37)21-7-6-9-27-10-8-11-27)31-16-17-33(40)32(24-31)39(41,42)43/h4-5,12-17,20,24-25,27,29H,1,6-11,18-19,21-23H2,2-3H3,(H2,44,45)/b20-5+,35-26+. The van der Waals surface area contributed by atoms with Crippen LogP contribution in [0.4, 0.5) is 17.6 Å². The first-order valence-corrected chi connectivity index (χ1v) is 17.2. The summed E-state index contributed by atoms with van der Waals surface area (Å²) in [6.45, 7) is 7.78. The zero-order valence-electron chi connectivity index (χ0n) is 28.7. The monoisotopic (exact) mass is 691 g/mol. The molecule has 2 aromatic carbocycles. The van der Waals surface area contributed by atoms with E-state index in [1.165, 1.54) is 38.9 Å². The summed E-state index contributed by atoms with van der Waals surface area (Å²) in [5, 5.41) is 0. The molecule has 2 aliphatic rings. The number of hydrogen-bond donors (Lipinski definition) is 1. The molecule has 0 spiro atoms. The van der Waals surface area contributed by atoms with Gasteiger partial charge in [-0.1, -0.05) is 56.9 Å². The van der Waals surface area contributed by atoms with Crippen molar-refractivity contribution in [3.8, 4) is 11.3 Å². The number of benzene rings is 2. The Bertz CT molecular complexity index is 1740. The summed E-state index contributed by atoms with van der Waals surface area (Å²) < 4.78 is 61.8. The number of hydrogen-bond acceptors (Lipinski definition) is 5. The fraction of sp³-hybridized carbons (Fsp3) is 0.410. The maximum absolute atomic E-state index is 14.1. The third-order valence-electron chi connectivity index (χ3n) is 9.84. The fourth-order valence-electron chi connectivity index (χ4n) is 6.79. The Balaban J connectivity index is 1.40. The van der Waals surface area contributed by atoms with Crippen molar-refractivity contribution in [1.29, 1.82) is 0 Å². The van der Waals surface area contributed by atoms with Gasteiger partial charge in [0.15, 0.2) is 0 Å². The number of nitrogens with two attached hydrogens (primary N) is 1. The predicted molar refractivity (Wildman–Crippen MR) is 189 cm³/mol. The van der Waals surface area contributed by atoms with Crippen LogP contribution in [0.5, 0.6) is 0 Å². The lowest BCUT2D eigenvalue weighted by Gasteiger charge is -2.35. The second-order valence-electron chi connectivity index (χ2n) is 13.0. The second-order valence-corrected chi connectivity index (χ2v) is 13.0. The van der Waals surface area contributed by atoms with Gasteiger partial charge in [-0.2, -0.15) is 13.2 Å². The minimum Gasteiger partial charge on any atom is -0.465 e. The molecule has 0 radical (unpaired) electrons. The topological polar surface area (TPSA) is 85.7 Å². The highest BCUT2D eigenvalue weighted by atomic mass is 19.4. The molecule has 50 heavy (non-hydrogen) atoms. The number of piperidine rings is 1. The van der Waals surface area contributed by atoms with Gasteiger partial charge in [0, 0.05) is 54.8 Å². The molecule has 2 fully saturated rings. The summed E-state index contributed by atoms with van der Waals surface area (Å²) in [6.07, 6.45) is 10.5. The molecule has 0 unspecified atom stereocenters. The zero-order chi connectivity index (χ0) is 35.8. The lowest BCUT2D eigenvalue weighted by molar-refractivity contribution is -0.139. The Morgan fingerprint density at radius 2 is 1.78 bits per heavy atom. The number of esters is 1. The van der Waals surface area contributed by atoms with Gasteiger partial charge in [0.1, 0.15) is 17.5 Å². The van der Waals surface area contributed by atoms with E-state index >= 15 is 0 Å². The van der Waals surface area contributed by atoms with E-state index in [0.717, 1.165) is 72.9 Å². The lowest BCUT2D eigenvalue weighted by atomic mass is 9.82. The Labute approximate surface area is 291 Å². The molecule has 2 heterocycles. The fourth-order valence-corrected chi connectivity index (χ4v) is 6.79. The van der Waals surface area contributed by atoms with Crippen LogP contribution < -0.4 is 5.73 Å². The predicted octanol–water partition coefficient (Wildman–Crippen LogP) is 9.13. The number of carbonyl (C=O) groups excluding carboxylic acids is 1. The van der Waals surface area contributed by atoms with Crippen molar-refractivity contribution < 1.29 is 27.1 Å². The van der Waals surface area contributed by atoms with Crippen molar-refractivity contribution in [2.24, 2.45) is 16.6 Å². The molecule has 1 saturated heterocycles. The number of methoxy groups -OCH3 is 1. The minimum atomic E-state index is -4.80. The average molecular weight is 692 g/mol. The van der Waals surface area contributed by atoms with Gasteiger partial charge < -0.3 is 19.9 Å². The third-order valence-corrected chi connectivity index (χ3v) is 9.84. The number of rotatable bonds is 13. The van der Waals surface area contributed by atoms with E-state index in [9.17, 15) is 22.4 Å². The van der Waals surface area contributed by atoms with Gasteiger partial charge in [-0.15, -0.1) is 0 Å². The van der Waals surface area contributed by atoms with Gasteiger partial charge in [0.25, 0.3) is 0 Å². The van der Waals surface area contributed by atoms with Crippen LogP contribution >= 0.6 is 0 Å². The number of nitrogens with zero attached hydrogens (tertiary/aromatic N) is 4. The van der Waals surface area contributed by atoms with Crippen molar-refractivity contribution in [1.82, 2.24) is 14.5 Å². The van der Waals surface area contributed by atoms with Gasteiger partial charge in [0.2, 0.25) is 0 Å². The molecular weight excluding hydrogens is 646 g/mol. The normalized spacial score (nSPS) is 16.8. The van der Waals surface area contributed by atoms with Gasteiger partial charge in [-0.05, 0) is 74.1 Å². The van der Waals surface area contributed by atoms with Crippen LogP contribution in [0, 0.1) is 11.7 Å². The summed E-state index contributed by atoms with van der Waals surface area (Å²) >= 11 is 0. The number of carbonyl (C=O) groups is 1. The average Bonchev–Trinajstić information content (AvgIpc) is 3.51. The number of allylic oxidation sites excluding steroid dienone is 3. The van der Waals surface area contributed by atoms with Crippen molar-refractivity contribution in [2.45, 2.75) is 76.9 Å². The Morgan fingerprint density at radius 1 is 1.08 bits per heavy atom. The summed E-state index contributed by atoms with van der Waals surface area (Å²) in [6, 6.07) is 10.1. The summed E-state index contributed by atoms with van der Waals surface area (Å²) in [5.74, 6) is 0.308. The number of amidine groups is 1. The van der Waals surface area contributed by atoms with E-state index in [1.807, 2.05) is 25.3 Å². The molecule has 2 N–H and O–H groups in total. The largest absolute Gasteiger partial charge is 0.465 e. The van der Waals surface area contributed by atoms with Gasteiger partial charge in [0.05, 0.1) is 23.9 Å². The van der Waals surface area contributed by atoms with Crippen molar-refractivity contribution >= 4 is 17.4 Å². The smallest absolute Gasteiger partial charge is 0.419 e. The SMILES string of the molecule is C=C/C=C/N=C(N)\C(=C(/C)N1CCC(c2nc(-c3ccc(F)c(C(F)(F)F)c3)cn2CCCCC2CCC2)CC1)c1ccc(C(=O)OC)cc1. The summed E-state index contributed by atoms with van der Waals surface area (Å²) in [4.78, 5) is 23.6. The van der Waals surface area contributed by atoms with E-state index in [-0.39, 0.29) is 11.5 Å². The molecule has 11 heteroatoms. The molecule has 266 valence electrons. The number of aliphatic imine (C=N–C) groups is 1. The van der Waals surface area contributed by atoms with Gasteiger partial charge in [-0.25, -0.2) is 19.2 Å². The molecule has 3 aromatic rings.